The van der Waals surface area contributed by atoms with Crippen LogP contribution < -0.4 is 10.6 Å². The Morgan fingerprint density at radius 2 is 2.35 bits per heavy atom. The highest BCUT2D eigenvalue weighted by molar-refractivity contribution is 7.84. The minimum atomic E-state index is -1.02. The Balaban J connectivity index is 2.05. The second-order valence-electron chi connectivity index (χ2n) is 4.12. The molecule has 0 spiro atoms. The third kappa shape index (κ3) is 3.14. The summed E-state index contributed by atoms with van der Waals surface area (Å²) in [6.45, 7) is 0.900. The number of carbonyl (C=O) groups is 1. The van der Waals surface area contributed by atoms with Crippen molar-refractivity contribution in [2.24, 2.45) is 0 Å². The molecule has 0 bridgehead atoms. The van der Waals surface area contributed by atoms with Gasteiger partial charge in [0, 0.05) is 27.6 Å². The Hall–Kier alpha value is -1.20. The van der Waals surface area contributed by atoms with Crippen molar-refractivity contribution in [1.82, 2.24) is 5.32 Å². The first kappa shape index (κ1) is 12.3. The average molecular weight is 252 g/mol. The molecule has 1 aliphatic rings. The van der Waals surface area contributed by atoms with E-state index in [-0.39, 0.29) is 11.9 Å². The number of nitrogens with one attached hydrogen (secondary N) is 2. The maximum atomic E-state index is 11.8. The van der Waals surface area contributed by atoms with Gasteiger partial charge in [0.05, 0.1) is 6.04 Å². The summed E-state index contributed by atoms with van der Waals surface area (Å²) in [5.74, 6) is -0.0125. The van der Waals surface area contributed by atoms with Crippen LogP contribution in [0.1, 0.15) is 12.8 Å². The fraction of sp³-hybridized carbons (Fsp3) is 0.417. The molecule has 4 nitrogen and oxygen atoms in total. The molecular weight excluding hydrogens is 236 g/mol. The lowest BCUT2D eigenvalue weighted by Crippen LogP contribution is -2.35. The molecule has 0 saturated carbocycles. The van der Waals surface area contributed by atoms with E-state index in [1.807, 2.05) is 6.07 Å². The van der Waals surface area contributed by atoms with Crippen molar-refractivity contribution in [3.63, 3.8) is 0 Å². The molecule has 2 atom stereocenters. The van der Waals surface area contributed by atoms with E-state index in [2.05, 4.69) is 10.6 Å². The lowest BCUT2D eigenvalue weighted by atomic mass is 10.2. The van der Waals surface area contributed by atoms with Gasteiger partial charge in [0.25, 0.3) is 0 Å². The molecule has 1 amide bonds. The highest BCUT2D eigenvalue weighted by atomic mass is 32.2. The summed E-state index contributed by atoms with van der Waals surface area (Å²) in [6, 6.07) is 7.06. The van der Waals surface area contributed by atoms with Crippen molar-refractivity contribution >= 4 is 22.4 Å². The molecular formula is C12H16N2O2S. The Kier molecular flexibility index (Phi) is 3.91. The second kappa shape index (κ2) is 5.42. The van der Waals surface area contributed by atoms with Gasteiger partial charge in [-0.2, -0.15) is 0 Å². The van der Waals surface area contributed by atoms with E-state index in [9.17, 15) is 9.00 Å². The number of benzene rings is 1. The smallest absolute Gasteiger partial charge is 0.241 e. The quantitative estimate of drug-likeness (QED) is 0.847. The van der Waals surface area contributed by atoms with Crippen LogP contribution in [0.25, 0.3) is 0 Å². The van der Waals surface area contributed by atoms with Crippen LogP contribution >= 0.6 is 0 Å². The van der Waals surface area contributed by atoms with Gasteiger partial charge >= 0.3 is 0 Å². The van der Waals surface area contributed by atoms with E-state index in [1.54, 1.807) is 24.5 Å². The number of rotatable bonds is 3. The van der Waals surface area contributed by atoms with Crippen LogP contribution in [-0.4, -0.2) is 29.0 Å². The van der Waals surface area contributed by atoms with Gasteiger partial charge in [0.15, 0.2) is 0 Å². The van der Waals surface area contributed by atoms with Crippen molar-refractivity contribution in [2.75, 3.05) is 18.1 Å². The summed E-state index contributed by atoms with van der Waals surface area (Å²) in [4.78, 5) is 12.6. The molecule has 1 aromatic rings. The summed E-state index contributed by atoms with van der Waals surface area (Å²) in [5.41, 5.74) is 0.705. The van der Waals surface area contributed by atoms with Crippen molar-refractivity contribution in [1.29, 1.82) is 0 Å². The molecule has 2 unspecified atom stereocenters. The molecule has 2 N–H and O–H groups in total. The average Bonchev–Trinajstić information content (AvgIpc) is 2.82. The summed E-state index contributed by atoms with van der Waals surface area (Å²) >= 11 is 0. The van der Waals surface area contributed by atoms with E-state index in [4.69, 9.17) is 0 Å². The Bertz CT molecular complexity index is 442. The third-order valence-electron chi connectivity index (χ3n) is 2.81. The van der Waals surface area contributed by atoms with Crippen LogP contribution in [-0.2, 0) is 15.6 Å². The summed E-state index contributed by atoms with van der Waals surface area (Å²) in [6.07, 6.45) is 3.54. The monoisotopic (exact) mass is 252 g/mol. The van der Waals surface area contributed by atoms with Crippen LogP contribution in [0, 0.1) is 0 Å². The van der Waals surface area contributed by atoms with Crippen molar-refractivity contribution in [3.8, 4) is 0 Å². The lowest BCUT2D eigenvalue weighted by molar-refractivity contribution is -0.117. The normalized spacial score (nSPS) is 21.1. The maximum Gasteiger partial charge on any atom is 0.241 e. The molecule has 5 heteroatoms. The van der Waals surface area contributed by atoms with Gasteiger partial charge in [0.1, 0.15) is 0 Å². The van der Waals surface area contributed by atoms with E-state index in [0.29, 0.717) is 5.69 Å². The molecule has 1 fully saturated rings. The molecule has 17 heavy (non-hydrogen) atoms. The van der Waals surface area contributed by atoms with Gasteiger partial charge in [0.2, 0.25) is 5.91 Å². The maximum absolute atomic E-state index is 11.8. The number of amides is 1. The lowest BCUT2D eigenvalue weighted by Gasteiger charge is -2.11. The number of carbonyl (C=O) groups excluding carboxylic acids is 1. The Labute approximate surface area is 103 Å². The minimum absolute atomic E-state index is 0.0125. The highest BCUT2D eigenvalue weighted by Gasteiger charge is 2.21. The third-order valence-corrected chi connectivity index (χ3v) is 3.73. The molecule has 0 aromatic heterocycles. The van der Waals surface area contributed by atoms with Crippen molar-refractivity contribution in [2.45, 2.75) is 23.8 Å². The van der Waals surface area contributed by atoms with Crippen molar-refractivity contribution in [3.05, 3.63) is 24.3 Å². The van der Waals surface area contributed by atoms with E-state index in [1.165, 1.54) is 0 Å². The molecule has 0 aliphatic carbocycles. The summed E-state index contributed by atoms with van der Waals surface area (Å²) < 4.78 is 11.3. The fourth-order valence-electron chi connectivity index (χ4n) is 1.89. The van der Waals surface area contributed by atoms with Gasteiger partial charge in [-0.15, -0.1) is 0 Å². The summed E-state index contributed by atoms with van der Waals surface area (Å²) in [5, 5.41) is 5.99. The first-order chi connectivity index (χ1) is 8.16. The predicted molar refractivity (Wildman–Crippen MR) is 68.4 cm³/mol. The van der Waals surface area contributed by atoms with E-state index >= 15 is 0 Å². The molecule has 1 heterocycles. The SMILES string of the molecule is CS(=O)c1cccc(NC(=O)C2CCCN2)c1. The molecule has 1 saturated heterocycles. The number of hydrogen-bond acceptors (Lipinski definition) is 3. The van der Waals surface area contributed by atoms with Crippen LogP contribution in [0.4, 0.5) is 5.69 Å². The number of hydrogen-bond donors (Lipinski definition) is 2. The topological polar surface area (TPSA) is 58.2 Å². The van der Waals surface area contributed by atoms with Gasteiger partial charge in [-0.3, -0.25) is 9.00 Å². The van der Waals surface area contributed by atoms with E-state index < -0.39 is 10.8 Å². The Morgan fingerprint density at radius 1 is 1.53 bits per heavy atom. The molecule has 92 valence electrons. The first-order valence-corrected chi connectivity index (χ1v) is 7.20. The van der Waals surface area contributed by atoms with Crippen LogP contribution in [0.15, 0.2) is 29.2 Å². The summed E-state index contributed by atoms with van der Waals surface area (Å²) in [7, 11) is -1.02. The zero-order chi connectivity index (χ0) is 12.3. The molecule has 1 aliphatic heterocycles. The Morgan fingerprint density at radius 3 is 3.00 bits per heavy atom. The first-order valence-electron chi connectivity index (χ1n) is 5.64. The zero-order valence-electron chi connectivity index (χ0n) is 9.73. The van der Waals surface area contributed by atoms with Crippen LogP contribution in [0.5, 0.6) is 0 Å². The number of anilines is 1. The highest BCUT2D eigenvalue weighted by Crippen LogP contribution is 2.14. The molecule has 2 rings (SSSR count). The van der Waals surface area contributed by atoms with Gasteiger partial charge in [-0.1, -0.05) is 6.07 Å². The molecule has 1 aromatic carbocycles. The van der Waals surface area contributed by atoms with Gasteiger partial charge < -0.3 is 10.6 Å². The van der Waals surface area contributed by atoms with Gasteiger partial charge in [-0.05, 0) is 37.6 Å². The van der Waals surface area contributed by atoms with Crippen LogP contribution in [0.2, 0.25) is 0 Å². The van der Waals surface area contributed by atoms with Crippen LogP contribution in [0.3, 0.4) is 0 Å². The van der Waals surface area contributed by atoms with E-state index in [0.717, 1.165) is 24.3 Å². The standard InChI is InChI=1S/C12H16N2O2S/c1-17(16)10-5-2-4-9(8-10)14-12(15)11-6-3-7-13-11/h2,4-5,8,11,13H,3,6-7H2,1H3,(H,14,15). The van der Waals surface area contributed by atoms with Gasteiger partial charge in [-0.25, -0.2) is 0 Å². The predicted octanol–water partition coefficient (Wildman–Crippen LogP) is 1.11. The van der Waals surface area contributed by atoms with Crippen molar-refractivity contribution < 1.29 is 9.00 Å². The minimum Gasteiger partial charge on any atom is -0.325 e. The molecule has 0 radical (unpaired) electrons. The zero-order valence-corrected chi connectivity index (χ0v) is 10.5. The second-order valence-corrected chi connectivity index (χ2v) is 5.50. The fourth-order valence-corrected chi connectivity index (χ4v) is 2.45. The largest absolute Gasteiger partial charge is 0.325 e.